The Bertz CT molecular complexity index is 638. The van der Waals surface area contributed by atoms with Gasteiger partial charge in [-0.3, -0.25) is 9.59 Å². The second kappa shape index (κ2) is 8.18. The molecule has 6 nitrogen and oxygen atoms in total. The van der Waals surface area contributed by atoms with Crippen molar-refractivity contribution in [3.8, 4) is 0 Å². The largest absolute Gasteiger partial charge is 0.381 e. The molecular formula is C20H29N3O3. The Morgan fingerprint density at radius 1 is 1.27 bits per heavy atom. The van der Waals surface area contributed by atoms with Crippen LogP contribution in [0.15, 0.2) is 24.3 Å². The summed E-state index contributed by atoms with van der Waals surface area (Å²) in [4.78, 5) is 26.3. The molecule has 1 unspecified atom stereocenters. The Morgan fingerprint density at radius 3 is 2.62 bits per heavy atom. The van der Waals surface area contributed by atoms with Gasteiger partial charge in [-0.1, -0.05) is 29.8 Å². The number of nitrogens with one attached hydrogen (secondary N) is 2. The van der Waals surface area contributed by atoms with Gasteiger partial charge < -0.3 is 20.3 Å². The van der Waals surface area contributed by atoms with Crippen molar-refractivity contribution in [2.75, 3.05) is 39.4 Å². The van der Waals surface area contributed by atoms with Crippen molar-refractivity contribution in [3.63, 3.8) is 0 Å². The van der Waals surface area contributed by atoms with Crippen LogP contribution in [-0.2, 0) is 19.7 Å². The van der Waals surface area contributed by atoms with Gasteiger partial charge in [-0.15, -0.1) is 0 Å². The predicted octanol–water partition coefficient (Wildman–Crippen LogP) is 0.980. The molecule has 0 aromatic heterocycles. The van der Waals surface area contributed by atoms with Crippen molar-refractivity contribution in [1.29, 1.82) is 0 Å². The van der Waals surface area contributed by atoms with Crippen molar-refractivity contribution in [1.82, 2.24) is 15.5 Å². The number of carbonyl (C=O) groups excluding carboxylic acids is 2. The maximum atomic E-state index is 12.8. The summed E-state index contributed by atoms with van der Waals surface area (Å²) in [5.74, 6) is -0.128. The van der Waals surface area contributed by atoms with E-state index in [9.17, 15) is 9.59 Å². The lowest BCUT2D eigenvalue weighted by molar-refractivity contribution is -0.140. The number of carbonyl (C=O) groups is 2. The number of benzene rings is 1. The minimum absolute atomic E-state index is 0.0500. The first kappa shape index (κ1) is 18.9. The molecule has 2 amide bonds. The summed E-state index contributed by atoms with van der Waals surface area (Å²) in [6.45, 7) is 7.39. The molecule has 2 heterocycles. The smallest absolute Gasteiger partial charge is 0.244 e. The molecule has 26 heavy (non-hydrogen) atoms. The second-order valence-electron chi connectivity index (χ2n) is 7.41. The fourth-order valence-corrected chi connectivity index (χ4v) is 3.93. The fourth-order valence-electron chi connectivity index (χ4n) is 3.93. The summed E-state index contributed by atoms with van der Waals surface area (Å²) in [5.41, 5.74) is 2.37. The third-order valence-electron chi connectivity index (χ3n) is 5.67. The van der Waals surface area contributed by atoms with Gasteiger partial charge in [-0.25, -0.2) is 0 Å². The highest BCUT2D eigenvalue weighted by Gasteiger charge is 2.37. The second-order valence-corrected chi connectivity index (χ2v) is 7.41. The molecule has 2 aliphatic heterocycles. The van der Waals surface area contributed by atoms with Crippen molar-refractivity contribution >= 4 is 11.8 Å². The van der Waals surface area contributed by atoms with Crippen LogP contribution in [0.5, 0.6) is 0 Å². The minimum atomic E-state index is -0.434. The normalized spacial score (nSPS) is 22.7. The van der Waals surface area contributed by atoms with Crippen LogP contribution in [0.3, 0.4) is 0 Å². The SMILES string of the molecule is CC(=O)N1CCNCC1C(=O)NCC1(c2ccc(C)cc2)CCOCC1. The van der Waals surface area contributed by atoms with Gasteiger partial charge in [0.15, 0.2) is 0 Å². The highest BCUT2D eigenvalue weighted by atomic mass is 16.5. The van der Waals surface area contributed by atoms with Gasteiger partial charge in [0.05, 0.1) is 0 Å². The minimum Gasteiger partial charge on any atom is -0.381 e. The number of aryl methyl sites for hydroxylation is 1. The molecule has 0 saturated carbocycles. The molecule has 1 aromatic carbocycles. The first-order valence-electron chi connectivity index (χ1n) is 9.42. The molecule has 2 aliphatic rings. The molecular weight excluding hydrogens is 330 g/mol. The zero-order valence-corrected chi connectivity index (χ0v) is 15.7. The summed E-state index contributed by atoms with van der Waals surface area (Å²) in [6, 6.07) is 8.14. The molecule has 0 spiro atoms. The van der Waals surface area contributed by atoms with Gasteiger partial charge >= 0.3 is 0 Å². The van der Waals surface area contributed by atoms with Crippen molar-refractivity contribution in [2.24, 2.45) is 0 Å². The highest BCUT2D eigenvalue weighted by molar-refractivity contribution is 5.87. The van der Waals surface area contributed by atoms with Gasteiger partial charge in [0.2, 0.25) is 11.8 Å². The molecule has 0 aliphatic carbocycles. The quantitative estimate of drug-likeness (QED) is 0.841. The Labute approximate surface area is 155 Å². The molecule has 0 radical (unpaired) electrons. The Balaban J connectivity index is 1.72. The van der Waals surface area contributed by atoms with E-state index in [2.05, 4.69) is 41.8 Å². The monoisotopic (exact) mass is 359 g/mol. The summed E-state index contributed by atoms with van der Waals surface area (Å²) >= 11 is 0. The van der Waals surface area contributed by atoms with Crippen molar-refractivity contribution < 1.29 is 14.3 Å². The van der Waals surface area contributed by atoms with Crippen LogP contribution in [0, 0.1) is 6.92 Å². The molecule has 2 fully saturated rings. The molecule has 0 bridgehead atoms. The topological polar surface area (TPSA) is 70.7 Å². The van der Waals surface area contributed by atoms with Gasteiger partial charge in [-0.2, -0.15) is 0 Å². The number of piperazine rings is 1. The highest BCUT2D eigenvalue weighted by Crippen LogP contribution is 2.34. The third kappa shape index (κ3) is 4.07. The third-order valence-corrected chi connectivity index (χ3v) is 5.67. The Hall–Kier alpha value is -1.92. The lowest BCUT2D eigenvalue weighted by atomic mass is 9.74. The summed E-state index contributed by atoms with van der Waals surface area (Å²) < 4.78 is 5.57. The van der Waals surface area contributed by atoms with Crippen LogP contribution in [0.1, 0.15) is 30.9 Å². The Morgan fingerprint density at radius 2 is 1.96 bits per heavy atom. The average Bonchev–Trinajstić information content (AvgIpc) is 2.67. The lowest BCUT2D eigenvalue weighted by Gasteiger charge is -2.39. The van der Waals surface area contributed by atoms with E-state index in [0.29, 0.717) is 32.8 Å². The predicted molar refractivity (Wildman–Crippen MR) is 100.0 cm³/mol. The molecule has 2 N–H and O–H groups in total. The van der Waals surface area contributed by atoms with E-state index in [0.717, 1.165) is 19.4 Å². The van der Waals surface area contributed by atoms with E-state index in [1.165, 1.54) is 18.1 Å². The van der Waals surface area contributed by atoms with E-state index < -0.39 is 6.04 Å². The number of ether oxygens (including phenoxy) is 1. The van der Waals surface area contributed by atoms with Gasteiger partial charge in [0.25, 0.3) is 0 Å². The maximum Gasteiger partial charge on any atom is 0.244 e. The van der Waals surface area contributed by atoms with Crippen LogP contribution >= 0.6 is 0 Å². The first-order chi connectivity index (χ1) is 12.5. The Kier molecular flexibility index (Phi) is 5.94. The maximum absolute atomic E-state index is 12.8. The molecule has 1 atom stereocenters. The fraction of sp³-hybridized carbons (Fsp3) is 0.600. The van der Waals surface area contributed by atoms with Crippen LogP contribution in [0.2, 0.25) is 0 Å². The summed E-state index contributed by atoms with van der Waals surface area (Å²) in [7, 11) is 0. The molecule has 6 heteroatoms. The molecule has 3 rings (SSSR count). The van der Waals surface area contributed by atoms with Crippen LogP contribution < -0.4 is 10.6 Å². The summed E-state index contributed by atoms with van der Waals surface area (Å²) in [6.07, 6.45) is 1.77. The van der Waals surface area contributed by atoms with Crippen LogP contribution in [-0.4, -0.2) is 62.1 Å². The lowest BCUT2D eigenvalue weighted by Crippen LogP contribution is -2.60. The van der Waals surface area contributed by atoms with Crippen LogP contribution in [0.25, 0.3) is 0 Å². The average molecular weight is 359 g/mol. The molecule has 1 aromatic rings. The first-order valence-corrected chi connectivity index (χ1v) is 9.42. The number of hydrogen-bond acceptors (Lipinski definition) is 4. The van der Waals surface area contributed by atoms with Crippen molar-refractivity contribution in [3.05, 3.63) is 35.4 Å². The van der Waals surface area contributed by atoms with E-state index in [1.54, 1.807) is 4.90 Å². The number of amides is 2. The van der Waals surface area contributed by atoms with Crippen LogP contribution in [0.4, 0.5) is 0 Å². The zero-order valence-electron chi connectivity index (χ0n) is 15.7. The number of nitrogens with zero attached hydrogens (tertiary/aromatic N) is 1. The number of hydrogen-bond donors (Lipinski definition) is 2. The van der Waals surface area contributed by atoms with Gasteiger partial charge in [0.1, 0.15) is 6.04 Å². The van der Waals surface area contributed by atoms with Crippen molar-refractivity contribution in [2.45, 2.75) is 38.1 Å². The molecule has 2 saturated heterocycles. The summed E-state index contributed by atoms with van der Waals surface area (Å²) in [5, 5.41) is 6.34. The van der Waals surface area contributed by atoms with E-state index in [-0.39, 0.29) is 17.2 Å². The van der Waals surface area contributed by atoms with E-state index >= 15 is 0 Å². The van der Waals surface area contributed by atoms with Gasteiger partial charge in [0, 0.05) is 51.7 Å². The van der Waals surface area contributed by atoms with Gasteiger partial charge in [-0.05, 0) is 25.3 Å². The zero-order chi connectivity index (χ0) is 18.6. The van der Waals surface area contributed by atoms with E-state index in [4.69, 9.17) is 4.74 Å². The van der Waals surface area contributed by atoms with E-state index in [1.807, 2.05) is 0 Å². The number of rotatable bonds is 4. The standard InChI is InChI=1S/C20H29N3O3/c1-15-3-5-17(6-4-15)20(7-11-26-12-8-20)14-22-19(25)18-13-21-9-10-23(18)16(2)24/h3-6,18,21H,7-14H2,1-2H3,(H,22,25). The molecule has 142 valence electrons.